The van der Waals surface area contributed by atoms with E-state index >= 15 is 0 Å². The number of nitrogens with two attached hydrogens (primary N) is 1. The fourth-order valence-corrected chi connectivity index (χ4v) is 1.24. The number of nitrogens with zero attached hydrogens (tertiary/aromatic N) is 2. The normalized spacial score (nSPS) is 10.1. The summed E-state index contributed by atoms with van der Waals surface area (Å²) in [6.07, 6.45) is 0. The smallest absolute Gasteiger partial charge is 0.325 e. The average Bonchev–Trinajstić information content (AvgIpc) is 2.52. The Morgan fingerprint density at radius 2 is 2.33 bits per heavy atom. The number of aryl methyl sites for hydroxylation is 2. The number of rotatable bonds is 4. The van der Waals surface area contributed by atoms with Gasteiger partial charge in [-0.25, -0.2) is 4.68 Å². The van der Waals surface area contributed by atoms with Gasteiger partial charge in [-0.2, -0.15) is 5.10 Å². The SMILES string of the molecule is CCn1nc(C)c(N)c1NCC(=O)OC. The van der Waals surface area contributed by atoms with Crippen LogP contribution in [0.25, 0.3) is 0 Å². The van der Waals surface area contributed by atoms with Crippen molar-refractivity contribution in [2.75, 3.05) is 24.7 Å². The number of nitrogens with one attached hydrogen (secondary N) is 1. The van der Waals surface area contributed by atoms with Gasteiger partial charge in [0.15, 0.2) is 0 Å². The van der Waals surface area contributed by atoms with Crippen LogP contribution >= 0.6 is 0 Å². The summed E-state index contributed by atoms with van der Waals surface area (Å²) in [6, 6.07) is 0. The molecule has 6 heteroatoms. The summed E-state index contributed by atoms with van der Waals surface area (Å²) >= 11 is 0. The molecule has 0 radical (unpaired) electrons. The first-order chi connectivity index (χ1) is 7.10. The molecule has 0 aromatic carbocycles. The second kappa shape index (κ2) is 4.68. The van der Waals surface area contributed by atoms with Crippen LogP contribution in [0.4, 0.5) is 11.5 Å². The number of carbonyl (C=O) groups excluding carboxylic acids is 1. The van der Waals surface area contributed by atoms with E-state index in [0.717, 1.165) is 5.69 Å². The summed E-state index contributed by atoms with van der Waals surface area (Å²) in [6.45, 7) is 4.56. The first-order valence-corrected chi connectivity index (χ1v) is 4.73. The van der Waals surface area contributed by atoms with Gasteiger partial charge in [0, 0.05) is 6.54 Å². The number of nitrogen functional groups attached to an aromatic ring is 1. The zero-order valence-corrected chi connectivity index (χ0v) is 9.20. The third kappa shape index (κ3) is 2.39. The van der Waals surface area contributed by atoms with Crippen LogP contribution in [0.2, 0.25) is 0 Å². The number of hydrogen-bond acceptors (Lipinski definition) is 5. The second-order valence-electron chi connectivity index (χ2n) is 3.09. The molecular weight excluding hydrogens is 196 g/mol. The van der Waals surface area contributed by atoms with Crippen LogP contribution in [0, 0.1) is 6.92 Å². The molecule has 1 aromatic rings. The van der Waals surface area contributed by atoms with Gasteiger partial charge in [0.1, 0.15) is 12.4 Å². The summed E-state index contributed by atoms with van der Waals surface area (Å²) < 4.78 is 6.24. The summed E-state index contributed by atoms with van der Waals surface area (Å²) in [5.41, 5.74) is 7.13. The van der Waals surface area contributed by atoms with Crippen LogP contribution in [0.5, 0.6) is 0 Å². The van der Waals surface area contributed by atoms with Crippen LogP contribution in [-0.2, 0) is 16.1 Å². The Hall–Kier alpha value is -1.72. The Balaban J connectivity index is 2.79. The minimum atomic E-state index is -0.337. The predicted octanol–water partition coefficient (Wildman–Crippen LogP) is 0.379. The lowest BCUT2D eigenvalue weighted by molar-refractivity contribution is -0.138. The number of methoxy groups -OCH3 is 1. The molecule has 0 atom stereocenters. The largest absolute Gasteiger partial charge is 0.468 e. The van der Waals surface area contributed by atoms with Gasteiger partial charge in [0.2, 0.25) is 0 Å². The maximum absolute atomic E-state index is 10.9. The van der Waals surface area contributed by atoms with Crippen molar-refractivity contribution in [2.24, 2.45) is 0 Å². The van der Waals surface area contributed by atoms with Crippen molar-refractivity contribution >= 4 is 17.5 Å². The zero-order chi connectivity index (χ0) is 11.4. The lowest BCUT2D eigenvalue weighted by atomic mass is 10.4. The minimum Gasteiger partial charge on any atom is -0.468 e. The molecule has 0 amide bonds. The average molecular weight is 212 g/mol. The molecule has 1 aromatic heterocycles. The molecule has 0 saturated heterocycles. The monoisotopic (exact) mass is 212 g/mol. The van der Waals surface area contributed by atoms with E-state index in [0.29, 0.717) is 18.1 Å². The number of anilines is 2. The van der Waals surface area contributed by atoms with Crippen LogP contribution in [0.3, 0.4) is 0 Å². The highest BCUT2D eigenvalue weighted by molar-refractivity contribution is 5.76. The molecule has 0 saturated carbocycles. The zero-order valence-electron chi connectivity index (χ0n) is 9.20. The second-order valence-corrected chi connectivity index (χ2v) is 3.09. The highest BCUT2D eigenvalue weighted by Crippen LogP contribution is 2.21. The van der Waals surface area contributed by atoms with E-state index < -0.39 is 0 Å². The number of hydrogen-bond donors (Lipinski definition) is 2. The molecule has 3 N–H and O–H groups in total. The molecule has 0 aliphatic heterocycles. The van der Waals surface area contributed by atoms with Gasteiger partial charge in [-0.1, -0.05) is 0 Å². The minimum absolute atomic E-state index is 0.0891. The van der Waals surface area contributed by atoms with Gasteiger partial charge in [-0.05, 0) is 13.8 Å². The van der Waals surface area contributed by atoms with E-state index in [4.69, 9.17) is 5.73 Å². The van der Waals surface area contributed by atoms with Crippen molar-refractivity contribution < 1.29 is 9.53 Å². The van der Waals surface area contributed by atoms with Crippen molar-refractivity contribution in [1.29, 1.82) is 0 Å². The van der Waals surface area contributed by atoms with E-state index in [1.54, 1.807) is 4.68 Å². The number of ether oxygens (including phenoxy) is 1. The van der Waals surface area contributed by atoms with E-state index in [-0.39, 0.29) is 12.5 Å². The molecular formula is C9H16N4O2. The fourth-order valence-electron chi connectivity index (χ4n) is 1.24. The molecule has 0 bridgehead atoms. The molecule has 84 valence electrons. The molecule has 0 unspecified atom stereocenters. The Kier molecular flexibility index (Phi) is 3.54. The quantitative estimate of drug-likeness (QED) is 0.705. The molecule has 0 spiro atoms. The van der Waals surface area contributed by atoms with Gasteiger partial charge < -0.3 is 15.8 Å². The third-order valence-corrected chi connectivity index (χ3v) is 2.10. The first-order valence-electron chi connectivity index (χ1n) is 4.73. The molecule has 0 fully saturated rings. The number of esters is 1. The summed E-state index contributed by atoms with van der Waals surface area (Å²) in [5.74, 6) is 0.330. The van der Waals surface area contributed by atoms with Gasteiger partial charge in [-0.3, -0.25) is 4.79 Å². The van der Waals surface area contributed by atoms with Crippen molar-refractivity contribution in [3.05, 3.63) is 5.69 Å². The van der Waals surface area contributed by atoms with Crippen molar-refractivity contribution in [3.63, 3.8) is 0 Å². The molecule has 0 aliphatic rings. The van der Waals surface area contributed by atoms with Crippen LogP contribution in [0.15, 0.2) is 0 Å². The summed E-state index contributed by atoms with van der Waals surface area (Å²) in [4.78, 5) is 10.9. The Morgan fingerprint density at radius 1 is 1.67 bits per heavy atom. The summed E-state index contributed by atoms with van der Waals surface area (Å²) in [5, 5.41) is 7.11. The lowest BCUT2D eigenvalue weighted by Crippen LogP contribution is -2.18. The number of aromatic nitrogens is 2. The molecule has 0 aliphatic carbocycles. The Morgan fingerprint density at radius 3 is 2.87 bits per heavy atom. The van der Waals surface area contributed by atoms with E-state index in [1.807, 2.05) is 13.8 Å². The standard InChI is InChI=1S/C9H16N4O2/c1-4-13-9(8(10)6(2)12-13)11-5-7(14)15-3/h11H,4-5,10H2,1-3H3. The van der Waals surface area contributed by atoms with Crippen LogP contribution < -0.4 is 11.1 Å². The van der Waals surface area contributed by atoms with Crippen LogP contribution in [-0.4, -0.2) is 29.4 Å². The molecule has 1 rings (SSSR count). The molecule has 6 nitrogen and oxygen atoms in total. The first kappa shape index (κ1) is 11.4. The van der Waals surface area contributed by atoms with Crippen LogP contribution in [0.1, 0.15) is 12.6 Å². The van der Waals surface area contributed by atoms with Gasteiger partial charge in [0.25, 0.3) is 0 Å². The lowest BCUT2D eigenvalue weighted by Gasteiger charge is -2.07. The third-order valence-electron chi connectivity index (χ3n) is 2.10. The maximum Gasteiger partial charge on any atom is 0.325 e. The maximum atomic E-state index is 10.9. The van der Waals surface area contributed by atoms with Crippen molar-refractivity contribution in [2.45, 2.75) is 20.4 Å². The van der Waals surface area contributed by atoms with E-state index in [9.17, 15) is 4.79 Å². The molecule has 1 heterocycles. The van der Waals surface area contributed by atoms with E-state index in [1.165, 1.54) is 7.11 Å². The van der Waals surface area contributed by atoms with Gasteiger partial charge >= 0.3 is 5.97 Å². The topological polar surface area (TPSA) is 82.2 Å². The van der Waals surface area contributed by atoms with Gasteiger partial charge in [0.05, 0.1) is 18.5 Å². The number of carbonyl (C=O) groups is 1. The highest BCUT2D eigenvalue weighted by atomic mass is 16.5. The van der Waals surface area contributed by atoms with E-state index in [2.05, 4.69) is 15.2 Å². The van der Waals surface area contributed by atoms with Crippen molar-refractivity contribution in [3.8, 4) is 0 Å². The Bertz CT molecular complexity index is 359. The summed E-state index contributed by atoms with van der Waals surface area (Å²) in [7, 11) is 1.34. The fraction of sp³-hybridized carbons (Fsp3) is 0.556. The Labute approximate surface area is 88.4 Å². The predicted molar refractivity (Wildman–Crippen MR) is 57.6 cm³/mol. The molecule has 15 heavy (non-hydrogen) atoms. The highest BCUT2D eigenvalue weighted by Gasteiger charge is 2.12. The van der Waals surface area contributed by atoms with Crippen molar-refractivity contribution in [1.82, 2.24) is 9.78 Å². The van der Waals surface area contributed by atoms with Gasteiger partial charge in [-0.15, -0.1) is 0 Å².